The summed E-state index contributed by atoms with van der Waals surface area (Å²) in [6.07, 6.45) is 1.93. The van der Waals surface area contributed by atoms with Crippen molar-refractivity contribution in [2.45, 2.75) is 45.7 Å². The van der Waals surface area contributed by atoms with Crippen LogP contribution in [0.2, 0.25) is 0 Å². The maximum Gasteiger partial charge on any atom is 0.261 e. The van der Waals surface area contributed by atoms with E-state index in [1.807, 2.05) is 55.5 Å². The minimum absolute atomic E-state index is 0.0537. The molecule has 1 N–H and O–H groups in total. The van der Waals surface area contributed by atoms with Crippen LogP contribution in [-0.2, 0) is 29.0 Å². The molecule has 0 aliphatic heterocycles. The van der Waals surface area contributed by atoms with E-state index in [0.717, 1.165) is 28.4 Å². The summed E-state index contributed by atoms with van der Waals surface area (Å²) < 4.78 is 21.2. The Hall–Kier alpha value is -3.19. The fourth-order valence-corrected chi connectivity index (χ4v) is 4.37. The van der Waals surface area contributed by atoms with Crippen molar-refractivity contribution < 1.29 is 18.7 Å². The van der Waals surface area contributed by atoms with E-state index in [9.17, 15) is 14.0 Å². The van der Waals surface area contributed by atoms with Crippen molar-refractivity contribution in [2.75, 3.05) is 13.2 Å². The Morgan fingerprint density at radius 2 is 1.72 bits per heavy atom. The van der Waals surface area contributed by atoms with E-state index in [2.05, 4.69) is 28.2 Å². The number of carbonyl (C=O) groups excluding carboxylic acids is 2. The van der Waals surface area contributed by atoms with Gasteiger partial charge in [-0.25, -0.2) is 4.39 Å². The highest BCUT2D eigenvalue weighted by atomic mass is 79.9. The lowest BCUT2D eigenvalue weighted by atomic mass is 10.0. The van der Waals surface area contributed by atoms with Crippen LogP contribution in [-0.4, -0.2) is 35.9 Å². The molecule has 5 nitrogen and oxygen atoms in total. The van der Waals surface area contributed by atoms with Crippen molar-refractivity contribution in [1.29, 1.82) is 0 Å². The lowest BCUT2D eigenvalue weighted by Gasteiger charge is -2.31. The minimum atomic E-state index is -0.833. The Labute approximate surface area is 220 Å². The molecule has 0 saturated carbocycles. The molecule has 2 amide bonds. The smallest absolute Gasteiger partial charge is 0.261 e. The molecular weight excluding hydrogens is 523 g/mol. The number of nitrogens with one attached hydrogen (secondary N) is 1. The van der Waals surface area contributed by atoms with Gasteiger partial charge in [0.05, 0.1) is 4.47 Å². The van der Waals surface area contributed by atoms with Gasteiger partial charge in [0.1, 0.15) is 17.6 Å². The van der Waals surface area contributed by atoms with Crippen LogP contribution >= 0.6 is 15.9 Å². The number of benzene rings is 3. The normalized spacial score (nSPS) is 11.6. The predicted octanol–water partition coefficient (Wildman–Crippen LogP) is 5.70. The molecule has 0 aromatic heterocycles. The minimum Gasteiger partial charge on any atom is -0.483 e. The topological polar surface area (TPSA) is 58.6 Å². The van der Waals surface area contributed by atoms with Crippen molar-refractivity contribution in [2.24, 2.45) is 0 Å². The molecule has 0 aliphatic carbocycles. The molecule has 0 aliphatic rings. The van der Waals surface area contributed by atoms with Gasteiger partial charge in [-0.05, 0) is 58.1 Å². The van der Waals surface area contributed by atoms with E-state index in [4.69, 9.17) is 4.74 Å². The first-order valence-electron chi connectivity index (χ1n) is 12.2. The highest BCUT2D eigenvalue weighted by Crippen LogP contribution is 2.26. The van der Waals surface area contributed by atoms with Crippen molar-refractivity contribution >= 4 is 27.7 Å². The van der Waals surface area contributed by atoms with Gasteiger partial charge >= 0.3 is 0 Å². The molecule has 1 atom stereocenters. The first kappa shape index (κ1) is 27.4. The zero-order chi connectivity index (χ0) is 25.9. The lowest BCUT2D eigenvalue weighted by Crippen LogP contribution is -2.52. The Bertz CT molecular complexity index is 1160. The van der Waals surface area contributed by atoms with E-state index < -0.39 is 17.8 Å². The van der Waals surface area contributed by atoms with Crippen molar-refractivity contribution in [3.63, 3.8) is 0 Å². The average Bonchev–Trinajstić information content (AvgIpc) is 2.89. The van der Waals surface area contributed by atoms with Gasteiger partial charge in [0.25, 0.3) is 5.91 Å². The van der Waals surface area contributed by atoms with Crippen molar-refractivity contribution in [3.8, 4) is 5.75 Å². The number of halogens is 2. The van der Waals surface area contributed by atoms with E-state index >= 15 is 0 Å². The summed E-state index contributed by atoms with van der Waals surface area (Å²) in [4.78, 5) is 28.3. The summed E-state index contributed by atoms with van der Waals surface area (Å²) in [5.74, 6) is -0.584. The number of aryl methyl sites for hydroxylation is 1. The highest BCUT2D eigenvalue weighted by molar-refractivity contribution is 9.10. The SMILES string of the molecule is CCCNC(=O)[C@H](Cc1ccccc1)N(Cc1ccccc1F)C(=O)COc1ccc(CC)cc1Br. The van der Waals surface area contributed by atoms with Crippen LogP contribution in [0, 0.1) is 5.82 Å². The van der Waals surface area contributed by atoms with Crippen LogP contribution < -0.4 is 10.1 Å². The Morgan fingerprint density at radius 3 is 2.39 bits per heavy atom. The molecule has 0 heterocycles. The Balaban J connectivity index is 1.90. The van der Waals surface area contributed by atoms with Crippen LogP contribution in [0.1, 0.15) is 37.0 Å². The lowest BCUT2D eigenvalue weighted by molar-refractivity contribution is -0.142. The van der Waals surface area contributed by atoms with Crippen LogP contribution in [0.3, 0.4) is 0 Å². The summed E-state index contributed by atoms with van der Waals surface area (Å²) in [6, 6.07) is 20.7. The number of ether oxygens (including phenoxy) is 1. The number of rotatable bonds is 12. The standard InChI is InChI=1S/C29H32BrFN2O3/c1-3-16-32-29(35)26(18-22-10-6-5-7-11-22)33(19-23-12-8-9-13-25(23)31)28(34)20-36-27-15-14-21(4-2)17-24(27)30/h5-15,17,26H,3-4,16,18-20H2,1-2H3,(H,32,35)/t26-/m0/s1. The van der Waals surface area contributed by atoms with Crippen LogP contribution in [0.25, 0.3) is 0 Å². The third kappa shape index (κ3) is 7.65. The maximum atomic E-state index is 14.6. The van der Waals surface area contributed by atoms with Gasteiger partial charge in [-0.2, -0.15) is 0 Å². The molecular formula is C29H32BrFN2O3. The second-order valence-electron chi connectivity index (χ2n) is 8.52. The van der Waals surface area contributed by atoms with Crippen LogP contribution in [0.4, 0.5) is 4.39 Å². The van der Waals surface area contributed by atoms with Crippen LogP contribution in [0.15, 0.2) is 77.3 Å². The molecule has 3 aromatic rings. The van der Waals surface area contributed by atoms with Gasteiger partial charge in [-0.1, -0.05) is 68.4 Å². The Morgan fingerprint density at radius 1 is 1.00 bits per heavy atom. The fraction of sp³-hybridized carbons (Fsp3) is 0.310. The summed E-state index contributed by atoms with van der Waals surface area (Å²) >= 11 is 3.50. The zero-order valence-electron chi connectivity index (χ0n) is 20.7. The molecule has 0 radical (unpaired) electrons. The molecule has 0 saturated heterocycles. The summed E-state index contributed by atoms with van der Waals surface area (Å²) in [5, 5.41) is 2.91. The number of hydrogen-bond donors (Lipinski definition) is 1. The number of amides is 2. The molecule has 3 aromatic carbocycles. The van der Waals surface area contributed by atoms with Gasteiger partial charge in [0.15, 0.2) is 6.61 Å². The maximum absolute atomic E-state index is 14.6. The fourth-order valence-electron chi connectivity index (χ4n) is 3.83. The summed E-state index contributed by atoms with van der Waals surface area (Å²) in [6.45, 7) is 4.17. The molecule has 0 spiro atoms. The van der Waals surface area contributed by atoms with E-state index in [0.29, 0.717) is 24.3 Å². The van der Waals surface area contributed by atoms with Gasteiger partial charge in [-0.3, -0.25) is 9.59 Å². The molecule has 0 bridgehead atoms. The first-order valence-corrected chi connectivity index (χ1v) is 13.0. The zero-order valence-corrected chi connectivity index (χ0v) is 22.3. The van der Waals surface area contributed by atoms with E-state index in [1.54, 1.807) is 18.2 Å². The van der Waals surface area contributed by atoms with Crippen LogP contribution in [0.5, 0.6) is 5.75 Å². The first-order chi connectivity index (χ1) is 17.4. The molecule has 0 fully saturated rings. The Kier molecular flexibility index (Phi) is 10.5. The highest BCUT2D eigenvalue weighted by Gasteiger charge is 2.31. The third-order valence-corrected chi connectivity index (χ3v) is 6.49. The average molecular weight is 555 g/mol. The van der Waals surface area contributed by atoms with Gasteiger partial charge < -0.3 is 15.0 Å². The second kappa shape index (κ2) is 13.8. The van der Waals surface area contributed by atoms with Gasteiger partial charge in [0.2, 0.25) is 5.91 Å². The number of carbonyl (C=O) groups is 2. The van der Waals surface area contributed by atoms with E-state index in [-0.39, 0.29) is 19.1 Å². The number of nitrogens with zero attached hydrogens (tertiary/aromatic N) is 1. The molecule has 190 valence electrons. The summed E-state index contributed by atoms with van der Waals surface area (Å²) in [5.41, 5.74) is 2.37. The van der Waals surface area contributed by atoms with Crippen molar-refractivity contribution in [1.82, 2.24) is 10.2 Å². The van der Waals surface area contributed by atoms with E-state index in [1.165, 1.54) is 11.0 Å². The number of hydrogen-bond acceptors (Lipinski definition) is 3. The molecule has 0 unspecified atom stereocenters. The monoisotopic (exact) mass is 554 g/mol. The van der Waals surface area contributed by atoms with Crippen molar-refractivity contribution in [3.05, 3.63) is 99.8 Å². The molecule has 7 heteroatoms. The second-order valence-corrected chi connectivity index (χ2v) is 9.37. The summed E-state index contributed by atoms with van der Waals surface area (Å²) in [7, 11) is 0. The largest absolute Gasteiger partial charge is 0.483 e. The molecule has 36 heavy (non-hydrogen) atoms. The van der Waals surface area contributed by atoms with Gasteiger partial charge in [-0.15, -0.1) is 0 Å². The predicted molar refractivity (Wildman–Crippen MR) is 143 cm³/mol. The molecule has 3 rings (SSSR count). The third-order valence-electron chi connectivity index (χ3n) is 5.87. The van der Waals surface area contributed by atoms with Gasteiger partial charge in [0, 0.05) is 25.1 Å². The quantitative estimate of drug-likeness (QED) is 0.312.